The van der Waals surface area contributed by atoms with E-state index in [1.165, 1.54) is 30.6 Å². The number of allylic oxidation sites excluding steroid dienone is 4. The zero-order chi connectivity index (χ0) is 12.2. The maximum Gasteiger partial charge on any atom is 0.241 e. The van der Waals surface area contributed by atoms with Crippen LogP contribution in [0, 0.1) is 5.92 Å². The average molecular weight is 238 g/mol. The highest BCUT2D eigenvalue weighted by Gasteiger charge is 2.22. The molecule has 0 saturated heterocycles. The molecular formula is C14H26OSi. The first-order valence-electron chi connectivity index (χ1n) is 6.40. The van der Waals surface area contributed by atoms with Gasteiger partial charge < -0.3 is 4.43 Å². The fourth-order valence-corrected chi connectivity index (χ4v) is 3.01. The van der Waals surface area contributed by atoms with Crippen LogP contribution in [0.4, 0.5) is 0 Å². The lowest BCUT2D eigenvalue weighted by molar-refractivity contribution is 0.407. The van der Waals surface area contributed by atoms with Crippen molar-refractivity contribution in [2.45, 2.75) is 59.2 Å². The Labute approximate surface area is 102 Å². The molecule has 0 aromatic heterocycles. The smallest absolute Gasteiger partial charge is 0.241 e. The molecule has 92 valence electrons. The van der Waals surface area contributed by atoms with E-state index < -0.39 is 8.32 Å². The summed E-state index contributed by atoms with van der Waals surface area (Å²) in [6, 6.07) is 0. The molecule has 1 rings (SSSR count). The van der Waals surface area contributed by atoms with E-state index in [1.807, 2.05) is 0 Å². The molecular weight excluding hydrogens is 212 g/mol. The maximum atomic E-state index is 6.04. The van der Waals surface area contributed by atoms with Crippen LogP contribution in [-0.2, 0) is 4.43 Å². The number of hydrogen-bond acceptors (Lipinski definition) is 1. The molecule has 1 unspecified atom stereocenters. The lowest BCUT2D eigenvalue weighted by atomic mass is 10.0. The fourth-order valence-electron chi connectivity index (χ4n) is 2.05. The van der Waals surface area contributed by atoms with Crippen LogP contribution in [0.2, 0.25) is 19.6 Å². The van der Waals surface area contributed by atoms with Crippen LogP contribution in [0.25, 0.3) is 0 Å². The predicted octanol–water partition coefficient (Wildman–Crippen LogP) is 4.88. The van der Waals surface area contributed by atoms with Crippen LogP contribution in [0.15, 0.2) is 23.5 Å². The summed E-state index contributed by atoms with van der Waals surface area (Å²) in [6.45, 7) is 11.1. The Morgan fingerprint density at radius 2 is 2.12 bits per heavy atom. The van der Waals surface area contributed by atoms with Gasteiger partial charge in [0.2, 0.25) is 8.32 Å². The summed E-state index contributed by atoms with van der Waals surface area (Å²) in [5.74, 6) is 2.02. The second-order valence-corrected chi connectivity index (χ2v) is 10.4. The van der Waals surface area contributed by atoms with Gasteiger partial charge in [-0.15, -0.1) is 0 Å². The van der Waals surface area contributed by atoms with Crippen LogP contribution in [0.1, 0.15) is 39.5 Å². The maximum absolute atomic E-state index is 6.04. The SMILES string of the molecule is CC(C)=CCCC1C=C(O[Si](C)(C)C)CC1. The Morgan fingerprint density at radius 3 is 2.69 bits per heavy atom. The first kappa shape index (κ1) is 13.6. The highest BCUT2D eigenvalue weighted by Crippen LogP contribution is 2.30. The van der Waals surface area contributed by atoms with Crippen LogP contribution >= 0.6 is 0 Å². The number of rotatable bonds is 5. The van der Waals surface area contributed by atoms with Crippen LogP contribution < -0.4 is 0 Å². The Morgan fingerprint density at radius 1 is 1.44 bits per heavy atom. The lowest BCUT2D eigenvalue weighted by Gasteiger charge is -2.19. The predicted molar refractivity (Wildman–Crippen MR) is 73.9 cm³/mol. The molecule has 1 aliphatic rings. The molecule has 1 aliphatic carbocycles. The highest BCUT2D eigenvalue weighted by atomic mass is 28.4. The van der Waals surface area contributed by atoms with E-state index >= 15 is 0 Å². The molecule has 0 aromatic rings. The Kier molecular flexibility index (Phi) is 4.84. The minimum absolute atomic E-state index is 0.752. The van der Waals surface area contributed by atoms with E-state index in [0.717, 1.165) is 12.3 Å². The van der Waals surface area contributed by atoms with Gasteiger partial charge in [0.25, 0.3) is 0 Å². The van der Waals surface area contributed by atoms with Crippen molar-refractivity contribution in [2.75, 3.05) is 0 Å². The second kappa shape index (κ2) is 5.71. The molecule has 0 fully saturated rings. The first-order chi connectivity index (χ1) is 7.37. The monoisotopic (exact) mass is 238 g/mol. The summed E-state index contributed by atoms with van der Waals surface area (Å²) < 4.78 is 6.04. The quantitative estimate of drug-likeness (QED) is 0.490. The second-order valence-electron chi connectivity index (χ2n) is 6.00. The van der Waals surface area contributed by atoms with Gasteiger partial charge in [-0.3, -0.25) is 0 Å². The topological polar surface area (TPSA) is 9.23 Å². The molecule has 0 heterocycles. The van der Waals surface area contributed by atoms with E-state index in [1.54, 1.807) is 0 Å². The molecule has 2 heteroatoms. The normalized spacial score (nSPS) is 20.6. The summed E-state index contributed by atoms with van der Waals surface area (Å²) >= 11 is 0. The molecule has 1 atom stereocenters. The van der Waals surface area contributed by atoms with Crippen molar-refractivity contribution in [1.82, 2.24) is 0 Å². The lowest BCUT2D eigenvalue weighted by Crippen LogP contribution is -2.24. The summed E-state index contributed by atoms with van der Waals surface area (Å²) in [5, 5.41) is 0. The third kappa shape index (κ3) is 5.55. The summed E-state index contributed by atoms with van der Waals surface area (Å²) in [6.07, 6.45) is 9.65. The molecule has 0 saturated carbocycles. The van der Waals surface area contributed by atoms with Gasteiger partial charge in [0, 0.05) is 6.42 Å². The van der Waals surface area contributed by atoms with Gasteiger partial charge in [-0.05, 0) is 64.7 Å². The van der Waals surface area contributed by atoms with Crippen molar-refractivity contribution >= 4 is 8.32 Å². The molecule has 0 aliphatic heterocycles. The van der Waals surface area contributed by atoms with Crippen molar-refractivity contribution in [3.05, 3.63) is 23.5 Å². The van der Waals surface area contributed by atoms with E-state index in [2.05, 4.69) is 45.6 Å². The van der Waals surface area contributed by atoms with Gasteiger partial charge in [0.05, 0.1) is 5.76 Å². The van der Waals surface area contributed by atoms with Gasteiger partial charge in [-0.2, -0.15) is 0 Å². The Hall–Kier alpha value is -0.503. The fraction of sp³-hybridized carbons (Fsp3) is 0.714. The standard InChI is InChI=1S/C14H26OSi/c1-12(2)7-6-8-13-9-10-14(11-13)15-16(3,4)5/h7,11,13H,6,8-10H2,1-5H3. The summed E-state index contributed by atoms with van der Waals surface area (Å²) in [7, 11) is -1.38. The Balaban J connectivity index is 2.35. The Bertz CT molecular complexity index is 280. The van der Waals surface area contributed by atoms with E-state index in [-0.39, 0.29) is 0 Å². The summed E-state index contributed by atoms with van der Waals surface area (Å²) in [5.41, 5.74) is 1.43. The third-order valence-electron chi connectivity index (χ3n) is 2.71. The van der Waals surface area contributed by atoms with Crippen molar-refractivity contribution in [2.24, 2.45) is 5.92 Å². The summed E-state index contributed by atoms with van der Waals surface area (Å²) in [4.78, 5) is 0. The van der Waals surface area contributed by atoms with Crippen LogP contribution in [-0.4, -0.2) is 8.32 Å². The third-order valence-corrected chi connectivity index (χ3v) is 3.59. The molecule has 0 aromatic carbocycles. The van der Waals surface area contributed by atoms with E-state index in [4.69, 9.17) is 4.43 Å². The minimum Gasteiger partial charge on any atom is -0.548 e. The van der Waals surface area contributed by atoms with Crippen molar-refractivity contribution in [1.29, 1.82) is 0 Å². The van der Waals surface area contributed by atoms with Crippen molar-refractivity contribution in [3.8, 4) is 0 Å². The van der Waals surface area contributed by atoms with Crippen molar-refractivity contribution in [3.63, 3.8) is 0 Å². The zero-order valence-electron chi connectivity index (χ0n) is 11.5. The van der Waals surface area contributed by atoms with Gasteiger partial charge >= 0.3 is 0 Å². The largest absolute Gasteiger partial charge is 0.548 e. The molecule has 1 nitrogen and oxygen atoms in total. The number of hydrogen-bond donors (Lipinski definition) is 0. The van der Waals surface area contributed by atoms with Gasteiger partial charge in [-0.1, -0.05) is 11.6 Å². The van der Waals surface area contributed by atoms with Gasteiger partial charge in [0.1, 0.15) is 0 Å². The van der Waals surface area contributed by atoms with Gasteiger partial charge in [0.15, 0.2) is 0 Å². The molecule has 0 bridgehead atoms. The van der Waals surface area contributed by atoms with E-state index in [0.29, 0.717) is 0 Å². The molecule has 0 amide bonds. The molecule has 0 N–H and O–H groups in total. The molecule has 0 radical (unpaired) electrons. The minimum atomic E-state index is -1.38. The molecule has 0 spiro atoms. The molecule has 16 heavy (non-hydrogen) atoms. The highest BCUT2D eigenvalue weighted by molar-refractivity contribution is 6.70. The van der Waals surface area contributed by atoms with Crippen LogP contribution in [0.5, 0.6) is 0 Å². The van der Waals surface area contributed by atoms with Crippen LogP contribution in [0.3, 0.4) is 0 Å². The first-order valence-corrected chi connectivity index (χ1v) is 9.81. The zero-order valence-corrected chi connectivity index (χ0v) is 12.5. The average Bonchev–Trinajstić information content (AvgIpc) is 2.48. The van der Waals surface area contributed by atoms with Crippen molar-refractivity contribution < 1.29 is 4.43 Å². The van der Waals surface area contributed by atoms with Gasteiger partial charge in [-0.25, -0.2) is 0 Å². The van der Waals surface area contributed by atoms with E-state index in [9.17, 15) is 0 Å².